The summed E-state index contributed by atoms with van der Waals surface area (Å²) in [5.74, 6) is 0.726. The summed E-state index contributed by atoms with van der Waals surface area (Å²) in [7, 11) is 1.64. The monoisotopic (exact) mass is 411 g/mol. The molecule has 0 bridgehead atoms. The van der Waals surface area contributed by atoms with Gasteiger partial charge in [-0.25, -0.2) is 4.98 Å². The van der Waals surface area contributed by atoms with Gasteiger partial charge in [0.25, 0.3) is 0 Å². The summed E-state index contributed by atoms with van der Waals surface area (Å²) in [4.78, 5) is 18.0. The standard InChI is InChI=1S/C21H18ClN3O2S/c1-13-9-15(22)5-8-18(13)23-20(26)10-16-12-28-21-24-19(11-25(16)21)14-3-6-17(27-2)7-4-14/h3-9,11-12H,10H2,1-2H3,(H,23,26). The first-order chi connectivity index (χ1) is 13.5. The molecule has 0 fully saturated rings. The van der Waals surface area contributed by atoms with E-state index in [2.05, 4.69) is 10.3 Å². The number of thiazole rings is 1. The highest BCUT2D eigenvalue weighted by atomic mass is 35.5. The Kier molecular flexibility index (Phi) is 5.07. The average molecular weight is 412 g/mol. The van der Waals surface area contributed by atoms with Crippen LogP contribution in [0.1, 0.15) is 11.3 Å². The van der Waals surface area contributed by atoms with Crippen molar-refractivity contribution in [3.63, 3.8) is 0 Å². The molecule has 7 heteroatoms. The van der Waals surface area contributed by atoms with E-state index in [0.717, 1.165) is 38.9 Å². The molecule has 0 aliphatic carbocycles. The third-order valence-corrected chi connectivity index (χ3v) is 5.60. The second kappa shape index (κ2) is 7.66. The average Bonchev–Trinajstić information content (AvgIpc) is 3.26. The molecule has 28 heavy (non-hydrogen) atoms. The van der Waals surface area contributed by atoms with Crippen molar-refractivity contribution in [2.45, 2.75) is 13.3 Å². The normalized spacial score (nSPS) is 11.0. The summed E-state index contributed by atoms with van der Waals surface area (Å²) < 4.78 is 7.17. The van der Waals surface area contributed by atoms with Gasteiger partial charge in [0, 0.05) is 33.5 Å². The molecule has 2 heterocycles. The van der Waals surface area contributed by atoms with Crippen LogP contribution < -0.4 is 10.1 Å². The molecule has 4 rings (SSSR count). The van der Waals surface area contributed by atoms with Crippen molar-refractivity contribution in [2.24, 2.45) is 0 Å². The molecule has 5 nitrogen and oxygen atoms in total. The van der Waals surface area contributed by atoms with Crippen LogP contribution in [0, 0.1) is 6.92 Å². The van der Waals surface area contributed by atoms with Gasteiger partial charge in [-0.1, -0.05) is 11.6 Å². The molecule has 142 valence electrons. The van der Waals surface area contributed by atoms with Gasteiger partial charge in [0.2, 0.25) is 5.91 Å². The first-order valence-corrected chi connectivity index (χ1v) is 9.95. The lowest BCUT2D eigenvalue weighted by Gasteiger charge is -2.08. The quantitative estimate of drug-likeness (QED) is 0.490. The maximum absolute atomic E-state index is 12.5. The van der Waals surface area contributed by atoms with Gasteiger partial charge in [-0.15, -0.1) is 11.3 Å². The first-order valence-electron chi connectivity index (χ1n) is 8.69. The zero-order chi connectivity index (χ0) is 19.7. The number of rotatable bonds is 5. The molecule has 2 aromatic carbocycles. The minimum Gasteiger partial charge on any atom is -0.497 e. The largest absolute Gasteiger partial charge is 0.497 e. The highest BCUT2D eigenvalue weighted by molar-refractivity contribution is 7.15. The lowest BCUT2D eigenvalue weighted by atomic mass is 10.1. The molecule has 0 aliphatic rings. The topological polar surface area (TPSA) is 55.6 Å². The van der Waals surface area contributed by atoms with Gasteiger partial charge in [0.05, 0.1) is 19.2 Å². The zero-order valence-corrected chi connectivity index (χ0v) is 17.0. The van der Waals surface area contributed by atoms with Gasteiger partial charge >= 0.3 is 0 Å². The number of carbonyl (C=O) groups is 1. The number of amides is 1. The van der Waals surface area contributed by atoms with Gasteiger partial charge in [-0.2, -0.15) is 0 Å². The number of hydrogen-bond acceptors (Lipinski definition) is 4. The van der Waals surface area contributed by atoms with Crippen LogP contribution in [0.2, 0.25) is 5.02 Å². The number of aryl methyl sites for hydroxylation is 1. The van der Waals surface area contributed by atoms with E-state index < -0.39 is 0 Å². The fourth-order valence-electron chi connectivity index (χ4n) is 2.98. The molecule has 0 saturated heterocycles. The number of anilines is 1. The van der Waals surface area contributed by atoms with E-state index in [1.54, 1.807) is 13.2 Å². The minimum absolute atomic E-state index is 0.0789. The fraction of sp³-hybridized carbons (Fsp3) is 0.143. The first kappa shape index (κ1) is 18.5. The third-order valence-electron chi connectivity index (χ3n) is 4.47. The molecular formula is C21H18ClN3O2S. The van der Waals surface area contributed by atoms with E-state index in [1.165, 1.54) is 11.3 Å². The van der Waals surface area contributed by atoms with Crippen LogP contribution in [-0.2, 0) is 11.2 Å². The Morgan fingerprint density at radius 3 is 2.75 bits per heavy atom. The van der Waals surface area contributed by atoms with Crippen molar-refractivity contribution in [3.8, 4) is 17.0 Å². The molecule has 1 amide bonds. The van der Waals surface area contributed by atoms with Crippen molar-refractivity contribution >= 4 is 39.5 Å². The molecule has 0 saturated carbocycles. The van der Waals surface area contributed by atoms with Gasteiger partial charge < -0.3 is 10.1 Å². The van der Waals surface area contributed by atoms with Gasteiger partial charge in [0.1, 0.15) is 5.75 Å². The van der Waals surface area contributed by atoms with Crippen molar-refractivity contribution in [2.75, 3.05) is 12.4 Å². The van der Waals surface area contributed by atoms with E-state index >= 15 is 0 Å². The summed E-state index contributed by atoms with van der Waals surface area (Å²) >= 11 is 7.50. The molecule has 0 unspecified atom stereocenters. The summed E-state index contributed by atoms with van der Waals surface area (Å²) in [6.07, 6.45) is 2.23. The summed E-state index contributed by atoms with van der Waals surface area (Å²) in [6, 6.07) is 13.2. The van der Waals surface area contributed by atoms with Gasteiger partial charge in [-0.05, 0) is 55.0 Å². The van der Waals surface area contributed by atoms with E-state index in [-0.39, 0.29) is 12.3 Å². The van der Waals surface area contributed by atoms with Crippen LogP contribution in [-0.4, -0.2) is 22.4 Å². The maximum atomic E-state index is 12.5. The molecule has 0 atom stereocenters. The summed E-state index contributed by atoms with van der Waals surface area (Å²) in [5, 5.41) is 5.57. The number of methoxy groups -OCH3 is 1. The minimum atomic E-state index is -0.0789. The van der Waals surface area contributed by atoms with Crippen LogP contribution in [0.5, 0.6) is 5.75 Å². The molecule has 0 spiro atoms. The van der Waals surface area contributed by atoms with E-state index in [4.69, 9.17) is 16.3 Å². The van der Waals surface area contributed by atoms with Crippen LogP contribution >= 0.6 is 22.9 Å². The third kappa shape index (κ3) is 3.74. The smallest absolute Gasteiger partial charge is 0.230 e. The molecular weight excluding hydrogens is 394 g/mol. The second-order valence-corrected chi connectivity index (χ2v) is 7.69. The molecule has 0 aliphatic heterocycles. The summed E-state index contributed by atoms with van der Waals surface area (Å²) in [6.45, 7) is 1.92. The molecule has 4 aromatic rings. The Morgan fingerprint density at radius 1 is 1.25 bits per heavy atom. The zero-order valence-electron chi connectivity index (χ0n) is 15.4. The van der Waals surface area contributed by atoms with Crippen molar-refractivity contribution in [1.82, 2.24) is 9.38 Å². The number of nitrogens with zero attached hydrogens (tertiary/aromatic N) is 2. The van der Waals surface area contributed by atoms with Gasteiger partial charge in [0.15, 0.2) is 4.96 Å². The van der Waals surface area contributed by atoms with Gasteiger partial charge in [-0.3, -0.25) is 9.20 Å². The molecule has 2 aromatic heterocycles. The second-order valence-electron chi connectivity index (χ2n) is 6.42. The van der Waals surface area contributed by atoms with E-state index in [0.29, 0.717) is 5.02 Å². The van der Waals surface area contributed by atoms with Crippen LogP contribution in [0.25, 0.3) is 16.2 Å². The lowest BCUT2D eigenvalue weighted by Crippen LogP contribution is -2.16. The number of ether oxygens (including phenoxy) is 1. The number of aromatic nitrogens is 2. The molecule has 1 N–H and O–H groups in total. The Balaban J connectivity index is 1.54. The van der Waals surface area contributed by atoms with Crippen molar-refractivity contribution in [3.05, 3.63) is 70.3 Å². The number of nitrogens with one attached hydrogen (secondary N) is 1. The highest BCUT2D eigenvalue weighted by Gasteiger charge is 2.13. The SMILES string of the molecule is COc1ccc(-c2cn3c(CC(=O)Nc4ccc(Cl)cc4C)csc3n2)cc1. The van der Waals surface area contributed by atoms with Crippen molar-refractivity contribution < 1.29 is 9.53 Å². The van der Waals surface area contributed by atoms with Crippen LogP contribution in [0.4, 0.5) is 5.69 Å². The molecule has 0 radical (unpaired) electrons. The van der Waals surface area contributed by atoms with E-state index in [9.17, 15) is 4.79 Å². The van der Waals surface area contributed by atoms with Crippen molar-refractivity contribution in [1.29, 1.82) is 0 Å². The number of carbonyl (C=O) groups excluding carboxylic acids is 1. The number of imidazole rings is 1. The predicted octanol–water partition coefficient (Wildman–Crippen LogP) is 5.21. The number of halogens is 1. The fourth-order valence-corrected chi connectivity index (χ4v) is 4.08. The number of fused-ring (bicyclic) bond motifs is 1. The highest BCUT2D eigenvalue weighted by Crippen LogP contribution is 2.26. The Bertz CT molecular complexity index is 1150. The Hall–Kier alpha value is -2.83. The van der Waals surface area contributed by atoms with Crippen LogP contribution in [0.15, 0.2) is 54.0 Å². The Morgan fingerprint density at radius 2 is 2.04 bits per heavy atom. The maximum Gasteiger partial charge on any atom is 0.230 e. The Labute approximate surface area is 171 Å². The lowest BCUT2D eigenvalue weighted by molar-refractivity contribution is -0.115. The predicted molar refractivity (Wildman–Crippen MR) is 114 cm³/mol. The van der Waals surface area contributed by atoms with Crippen LogP contribution in [0.3, 0.4) is 0 Å². The number of hydrogen-bond donors (Lipinski definition) is 1. The number of benzene rings is 2. The summed E-state index contributed by atoms with van der Waals surface area (Å²) in [5.41, 5.74) is 4.47. The van der Waals surface area contributed by atoms with E-state index in [1.807, 2.05) is 59.3 Å².